The Labute approximate surface area is 158 Å². The predicted octanol–water partition coefficient (Wildman–Crippen LogP) is 4.15. The first-order valence-electron chi connectivity index (χ1n) is 7.54. The lowest BCUT2D eigenvalue weighted by Crippen LogP contribution is -2.07. The van der Waals surface area contributed by atoms with E-state index in [0.29, 0.717) is 22.4 Å². The highest BCUT2D eigenvalue weighted by Gasteiger charge is 2.15. The minimum Gasteiger partial charge on any atom is -0.493 e. The molecule has 0 aliphatic rings. The van der Waals surface area contributed by atoms with E-state index in [1.807, 2.05) is 0 Å². The lowest BCUT2D eigenvalue weighted by Gasteiger charge is -2.13. The van der Waals surface area contributed by atoms with Crippen LogP contribution in [-0.2, 0) is 4.79 Å². The third-order valence-corrected chi connectivity index (χ3v) is 3.86. The van der Waals surface area contributed by atoms with Crippen LogP contribution in [0.4, 0.5) is 15.9 Å². The molecule has 0 aliphatic carbocycles. The molecule has 0 unspecified atom stereocenters. The van der Waals surface area contributed by atoms with E-state index in [-0.39, 0.29) is 16.5 Å². The van der Waals surface area contributed by atoms with Crippen LogP contribution in [0.15, 0.2) is 49.0 Å². The highest BCUT2D eigenvalue weighted by Crippen LogP contribution is 2.35. The van der Waals surface area contributed by atoms with Gasteiger partial charge in [-0.2, -0.15) is 0 Å². The molecule has 7 nitrogen and oxygen atoms in total. The Hall–Kier alpha value is -3.39. The number of rotatable bonds is 6. The van der Waals surface area contributed by atoms with Crippen molar-refractivity contribution in [3.63, 3.8) is 0 Å². The monoisotopic (exact) mass is 389 g/mol. The molecule has 0 saturated heterocycles. The Morgan fingerprint density at radius 1 is 1.26 bits per heavy atom. The number of nitrogens with zero attached hydrogens (tertiary/aromatic N) is 2. The number of carboxylic acid groups (broad SMARTS) is 1. The van der Waals surface area contributed by atoms with E-state index in [4.69, 9.17) is 26.2 Å². The minimum atomic E-state index is -1.30. The number of carboxylic acids is 1. The first-order valence-corrected chi connectivity index (χ1v) is 7.91. The molecule has 138 valence electrons. The summed E-state index contributed by atoms with van der Waals surface area (Å²) >= 11 is 5.80. The van der Waals surface area contributed by atoms with Gasteiger partial charge in [-0.3, -0.25) is 0 Å². The van der Waals surface area contributed by atoms with Crippen molar-refractivity contribution < 1.29 is 23.8 Å². The molecule has 1 heterocycles. The van der Waals surface area contributed by atoms with E-state index in [2.05, 4.69) is 21.9 Å². The molecule has 0 amide bonds. The molecular weight excluding hydrogens is 377 g/mol. The third kappa shape index (κ3) is 3.90. The van der Waals surface area contributed by atoms with Crippen molar-refractivity contribution in [3.05, 3.63) is 59.8 Å². The molecule has 0 aliphatic heterocycles. The van der Waals surface area contributed by atoms with Crippen LogP contribution in [0.5, 0.6) is 11.5 Å². The summed E-state index contributed by atoms with van der Waals surface area (Å²) in [6.07, 6.45) is 1.34. The number of hydrogen-bond donors (Lipinski definition) is 2. The van der Waals surface area contributed by atoms with Crippen molar-refractivity contribution in [1.29, 1.82) is 0 Å². The van der Waals surface area contributed by atoms with Gasteiger partial charge < -0.3 is 19.9 Å². The van der Waals surface area contributed by atoms with Crippen molar-refractivity contribution >= 4 is 40.0 Å². The zero-order valence-electron chi connectivity index (χ0n) is 14.0. The maximum atomic E-state index is 13.3. The van der Waals surface area contributed by atoms with Crippen molar-refractivity contribution in [3.8, 4) is 11.5 Å². The molecule has 3 aromatic rings. The van der Waals surface area contributed by atoms with Crippen molar-refractivity contribution in [2.45, 2.75) is 0 Å². The summed E-state index contributed by atoms with van der Waals surface area (Å²) < 4.78 is 23.8. The van der Waals surface area contributed by atoms with E-state index in [0.717, 1.165) is 0 Å². The molecule has 0 bridgehead atoms. The lowest BCUT2D eigenvalue weighted by molar-refractivity contribution is -0.135. The number of aliphatic carboxylic acids is 1. The summed E-state index contributed by atoms with van der Waals surface area (Å²) in [6.45, 7) is 3.34. The quantitative estimate of drug-likeness (QED) is 0.483. The highest BCUT2D eigenvalue weighted by molar-refractivity contribution is 6.31. The van der Waals surface area contributed by atoms with Gasteiger partial charge >= 0.3 is 5.97 Å². The fraction of sp³-hybridized carbons (Fsp3) is 0.0556. The first-order chi connectivity index (χ1) is 12.9. The van der Waals surface area contributed by atoms with Crippen LogP contribution >= 0.6 is 11.6 Å². The second-order valence-corrected chi connectivity index (χ2v) is 5.73. The van der Waals surface area contributed by atoms with Crippen LogP contribution in [-0.4, -0.2) is 28.2 Å². The zero-order valence-corrected chi connectivity index (χ0v) is 14.7. The van der Waals surface area contributed by atoms with Gasteiger partial charge in [0, 0.05) is 17.1 Å². The SMILES string of the molecule is C=C(Oc1cc2c(Nc3ccc(F)c(Cl)c3)ncnc2cc1OC)C(=O)O. The zero-order chi connectivity index (χ0) is 19.6. The average Bonchev–Trinajstić information content (AvgIpc) is 2.64. The van der Waals surface area contributed by atoms with Crippen molar-refractivity contribution in [2.24, 2.45) is 0 Å². The minimum absolute atomic E-state index is 0.0400. The summed E-state index contributed by atoms with van der Waals surface area (Å²) in [4.78, 5) is 19.3. The molecule has 0 atom stereocenters. The van der Waals surface area contributed by atoms with Gasteiger partial charge in [0.25, 0.3) is 0 Å². The lowest BCUT2D eigenvalue weighted by atomic mass is 10.2. The van der Waals surface area contributed by atoms with Crippen LogP contribution in [0, 0.1) is 5.82 Å². The van der Waals surface area contributed by atoms with E-state index < -0.39 is 17.5 Å². The van der Waals surface area contributed by atoms with E-state index in [1.165, 1.54) is 37.7 Å². The van der Waals surface area contributed by atoms with Gasteiger partial charge in [0.05, 0.1) is 17.6 Å². The van der Waals surface area contributed by atoms with Gasteiger partial charge in [0.15, 0.2) is 11.5 Å². The molecule has 9 heteroatoms. The second kappa shape index (κ2) is 7.46. The molecule has 0 fully saturated rings. The molecule has 2 N–H and O–H groups in total. The Morgan fingerprint density at radius 3 is 2.70 bits per heavy atom. The normalized spacial score (nSPS) is 10.5. The van der Waals surface area contributed by atoms with Gasteiger partial charge in [0.1, 0.15) is 18.0 Å². The number of aromatic nitrogens is 2. The Balaban J connectivity index is 2.06. The first kappa shape index (κ1) is 18.4. The summed E-state index contributed by atoms with van der Waals surface area (Å²) in [5.41, 5.74) is 1.03. The highest BCUT2D eigenvalue weighted by atomic mass is 35.5. The number of nitrogens with one attached hydrogen (secondary N) is 1. The van der Waals surface area contributed by atoms with Gasteiger partial charge in [-0.15, -0.1) is 0 Å². The maximum absolute atomic E-state index is 13.3. The standard InChI is InChI=1S/C18H13ClFN3O4/c1-9(18(24)25)27-16-6-11-14(7-15(16)26-2)21-8-22-17(11)23-10-3-4-13(20)12(19)5-10/h3-8H,1H2,2H3,(H,24,25)(H,21,22,23). The second-order valence-electron chi connectivity index (χ2n) is 5.33. The number of methoxy groups -OCH3 is 1. The number of ether oxygens (including phenoxy) is 2. The van der Waals surface area contributed by atoms with Gasteiger partial charge in [0.2, 0.25) is 5.76 Å². The summed E-state index contributed by atoms with van der Waals surface area (Å²) in [7, 11) is 1.42. The number of anilines is 2. The molecule has 2 aromatic carbocycles. The van der Waals surface area contributed by atoms with Crippen LogP contribution in [0.25, 0.3) is 10.9 Å². The van der Waals surface area contributed by atoms with Crippen LogP contribution in [0.1, 0.15) is 0 Å². The molecule has 3 rings (SSSR count). The van der Waals surface area contributed by atoms with Crippen LogP contribution in [0.3, 0.4) is 0 Å². The largest absolute Gasteiger partial charge is 0.493 e. The Morgan fingerprint density at radius 2 is 2.04 bits per heavy atom. The summed E-state index contributed by atoms with van der Waals surface area (Å²) in [5.74, 6) is -1.52. The summed E-state index contributed by atoms with van der Waals surface area (Å²) in [6, 6.07) is 7.24. The van der Waals surface area contributed by atoms with Gasteiger partial charge in [-0.1, -0.05) is 11.6 Å². The van der Waals surface area contributed by atoms with Gasteiger partial charge in [-0.05, 0) is 30.8 Å². The van der Waals surface area contributed by atoms with Crippen LogP contribution in [0.2, 0.25) is 5.02 Å². The molecule has 0 radical (unpaired) electrons. The predicted molar refractivity (Wildman–Crippen MR) is 98.2 cm³/mol. The molecule has 0 spiro atoms. The Bertz CT molecular complexity index is 1060. The maximum Gasteiger partial charge on any atom is 0.371 e. The third-order valence-electron chi connectivity index (χ3n) is 3.57. The van der Waals surface area contributed by atoms with Crippen molar-refractivity contribution in [2.75, 3.05) is 12.4 Å². The number of fused-ring (bicyclic) bond motifs is 1. The smallest absolute Gasteiger partial charge is 0.371 e. The van der Waals surface area contributed by atoms with E-state index in [9.17, 15) is 9.18 Å². The molecule has 1 aromatic heterocycles. The van der Waals surface area contributed by atoms with Crippen molar-refractivity contribution in [1.82, 2.24) is 9.97 Å². The number of halogens is 2. The number of hydrogen-bond acceptors (Lipinski definition) is 6. The molecule has 0 saturated carbocycles. The fourth-order valence-corrected chi connectivity index (χ4v) is 2.47. The summed E-state index contributed by atoms with van der Waals surface area (Å²) in [5, 5.41) is 12.5. The Kier molecular flexibility index (Phi) is 5.09. The average molecular weight is 390 g/mol. The molecular formula is C18H13ClFN3O4. The molecule has 27 heavy (non-hydrogen) atoms. The number of benzene rings is 2. The van der Waals surface area contributed by atoms with E-state index >= 15 is 0 Å². The topological polar surface area (TPSA) is 93.6 Å². The van der Waals surface area contributed by atoms with Crippen LogP contribution < -0.4 is 14.8 Å². The fourth-order valence-electron chi connectivity index (χ4n) is 2.29. The number of carbonyl (C=O) groups is 1. The van der Waals surface area contributed by atoms with E-state index in [1.54, 1.807) is 6.07 Å². The van der Waals surface area contributed by atoms with Gasteiger partial charge in [-0.25, -0.2) is 19.2 Å².